The molecule has 0 bridgehead atoms. The number of nitrogens with zero attached hydrogens (tertiary/aromatic N) is 2. The summed E-state index contributed by atoms with van der Waals surface area (Å²) in [6.07, 6.45) is 0. The maximum Gasteiger partial charge on any atom is 0.301 e. The van der Waals surface area contributed by atoms with Crippen LogP contribution in [0.4, 0.5) is 5.82 Å². The fourth-order valence-corrected chi connectivity index (χ4v) is 4.01. The van der Waals surface area contributed by atoms with E-state index in [-0.39, 0.29) is 17.2 Å². The molecule has 35 heavy (non-hydrogen) atoms. The summed E-state index contributed by atoms with van der Waals surface area (Å²) in [5.41, 5.74) is 0.814. The zero-order valence-electron chi connectivity index (χ0n) is 19.9. The average Bonchev–Trinajstić information content (AvgIpc) is 3.40. The number of Topliss-reactive ketones (excluding diaryl/α,β-unsaturated/α-hetero) is 1. The van der Waals surface area contributed by atoms with Gasteiger partial charge in [-0.15, -0.1) is 0 Å². The van der Waals surface area contributed by atoms with Crippen molar-refractivity contribution in [1.29, 1.82) is 0 Å². The zero-order valence-corrected chi connectivity index (χ0v) is 19.9. The molecule has 0 radical (unpaired) electrons. The summed E-state index contributed by atoms with van der Waals surface area (Å²) in [5.74, 6) is 0.206. The Morgan fingerprint density at radius 1 is 1.03 bits per heavy atom. The zero-order chi connectivity index (χ0) is 25.1. The first-order valence-corrected chi connectivity index (χ1v) is 11.2. The summed E-state index contributed by atoms with van der Waals surface area (Å²) >= 11 is 0. The summed E-state index contributed by atoms with van der Waals surface area (Å²) < 4.78 is 21.7. The highest BCUT2D eigenvalue weighted by Gasteiger charge is 2.48. The molecular weight excluding hydrogens is 452 g/mol. The van der Waals surface area contributed by atoms with Gasteiger partial charge in [0.15, 0.2) is 17.3 Å². The highest BCUT2D eigenvalue weighted by molar-refractivity contribution is 6.51. The van der Waals surface area contributed by atoms with Crippen LogP contribution in [-0.2, 0) is 9.59 Å². The van der Waals surface area contributed by atoms with Crippen molar-refractivity contribution >= 4 is 23.3 Å². The molecule has 9 heteroatoms. The maximum atomic E-state index is 13.2. The predicted octanol–water partition coefficient (Wildman–Crippen LogP) is 4.42. The number of ether oxygens (including phenoxy) is 3. The monoisotopic (exact) mass is 478 g/mol. The Labute approximate surface area is 202 Å². The van der Waals surface area contributed by atoms with Crippen LogP contribution < -0.4 is 19.1 Å². The highest BCUT2D eigenvalue weighted by Crippen LogP contribution is 2.44. The van der Waals surface area contributed by atoms with Gasteiger partial charge in [-0.05, 0) is 62.7 Å². The van der Waals surface area contributed by atoms with Crippen LogP contribution >= 0.6 is 0 Å². The first-order chi connectivity index (χ1) is 16.9. The Morgan fingerprint density at radius 3 is 2.34 bits per heavy atom. The van der Waals surface area contributed by atoms with E-state index in [1.165, 1.54) is 12.0 Å². The number of aryl methyl sites for hydroxylation is 1. The molecule has 2 heterocycles. The summed E-state index contributed by atoms with van der Waals surface area (Å²) in [4.78, 5) is 27.6. The van der Waals surface area contributed by atoms with Crippen molar-refractivity contribution < 1.29 is 33.4 Å². The molecule has 1 unspecified atom stereocenters. The van der Waals surface area contributed by atoms with E-state index in [0.29, 0.717) is 47.3 Å². The molecule has 1 aliphatic rings. The molecule has 1 saturated heterocycles. The highest BCUT2D eigenvalue weighted by atomic mass is 16.5. The van der Waals surface area contributed by atoms with E-state index in [4.69, 9.17) is 18.7 Å². The van der Waals surface area contributed by atoms with E-state index in [0.717, 1.165) is 0 Å². The minimum absolute atomic E-state index is 0.0778. The molecule has 0 saturated carbocycles. The number of aromatic nitrogens is 1. The number of anilines is 1. The van der Waals surface area contributed by atoms with Crippen LogP contribution in [0.2, 0.25) is 0 Å². The van der Waals surface area contributed by atoms with Gasteiger partial charge in [-0.25, -0.2) is 0 Å². The van der Waals surface area contributed by atoms with Gasteiger partial charge in [-0.1, -0.05) is 11.2 Å². The molecule has 2 aromatic carbocycles. The van der Waals surface area contributed by atoms with Crippen LogP contribution in [0.1, 0.15) is 36.8 Å². The summed E-state index contributed by atoms with van der Waals surface area (Å²) in [5, 5.41) is 15.2. The third-order valence-electron chi connectivity index (χ3n) is 5.55. The number of rotatable bonds is 8. The lowest BCUT2D eigenvalue weighted by molar-refractivity contribution is -0.132. The first-order valence-electron chi connectivity index (χ1n) is 11.2. The van der Waals surface area contributed by atoms with Crippen molar-refractivity contribution in [2.45, 2.75) is 26.8 Å². The summed E-state index contributed by atoms with van der Waals surface area (Å²) in [7, 11) is 1.50. The topological polar surface area (TPSA) is 111 Å². The number of ketones is 1. The van der Waals surface area contributed by atoms with Gasteiger partial charge in [0.05, 0.1) is 31.9 Å². The molecule has 1 amide bonds. The van der Waals surface area contributed by atoms with Crippen molar-refractivity contribution in [3.8, 4) is 17.2 Å². The second-order valence-electron chi connectivity index (χ2n) is 7.77. The van der Waals surface area contributed by atoms with E-state index in [9.17, 15) is 14.7 Å². The second-order valence-corrected chi connectivity index (χ2v) is 7.77. The molecular formula is C26H26N2O7. The van der Waals surface area contributed by atoms with Gasteiger partial charge < -0.3 is 23.8 Å². The molecule has 1 aromatic heterocycles. The number of hydrogen-bond acceptors (Lipinski definition) is 8. The van der Waals surface area contributed by atoms with E-state index < -0.39 is 17.7 Å². The second kappa shape index (κ2) is 9.92. The van der Waals surface area contributed by atoms with Gasteiger partial charge in [0.25, 0.3) is 5.78 Å². The Hall–Kier alpha value is -4.27. The van der Waals surface area contributed by atoms with Gasteiger partial charge in [0.1, 0.15) is 17.3 Å². The summed E-state index contributed by atoms with van der Waals surface area (Å²) in [6.45, 7) is 6.33. The Kier molecular flexibility index (Phi) is 6.77. The van der Waals surface area contributed by atoms with Crippen LogP contribution in [0.5, 0.6) is 17.2 Å². The van der Waals surface area contributed by atoms with Gasteiger partial charge in [0, 0.05) is 11.6 Å². The van der Waals surface area contributed by atoms with Crippen LogP contribution in [0.15, 0.2) is 58.6 Å². The Bertz CT molecular complexity index is 1280. The Balaban J connectivity index is 1.89. The molecule has 9 nitrogen and oxygen atoms in total. The van der Waals surface area contributed by atoms with Crippen LogP contribution in [0.25, 0.3) is 5.76 Å². The molecule has 4 rings (SSSR count). The van der Waals surface area contributed by atoms with Gasteiger partial charge in [-0.2, -0.15) is 0 Å². The quantitative estimate of drug-likeness (QED) is 0.288. The van der Waals surface area contributed by atoms with Crippen molar-refractivity contribution in [2.24, 2.45) is 0 Å². The minimum atomic E-state index is -0.976. The third kappa shape index (κ3) is 4.44. The van der Waals surface area contributed by atoms with E-state index >= 15 is 0 Å². The van der Waals surface area contributed by atoms with Crippen molar-refractivity contribution in [3.05, 3.63) is 71.0 Å². The van der Waals surface area contributed by atoms with Crippen molar-refractivity contribution in [3.63, 3.8) is 0 Å². The molecule has 1 aliphatic heterocycles. The van der Waals surface area contributed by atoms with Crippen LogP contribution in [0.3, 0.4) is 0 Å². The van der Waals surface area contributed by atoms with E-state index in [1.807, 2.05) is 13.8 Å². The standard InChI is InChI=1S/C26H26N2O7/c1-5-33-18-10-7-16(8-11-18)24(29)22-23(17-9-12-19(34-6-2)20(14-17)32-4)28(26(31)25(22)30)21-13-15(3)35-27-21/h7-14,23,29H,5-6H2,1-4H3. The van der Waals surface area contributed by atoms with Crippen LogP contribution in [-0.4, -0.2) is 42.3 Å². The normalized spacial score (nSPS) is 17.0. The van der Waals surface area contributed by atoms with Gasteiger partial charge >= 0.3 is 5.91 Å². The van der Waals surface area contributed by atoms with E-state index in [1.54, 1.807) is 55.5 Å². The van der Waals surface area contributed by atoms with Gasteiger partial charge in [0.2, 0.25) is 0 Å². The molecule has 1 fully saturated rings. The lowest BCUT2D eigenvalue weighted by atomic mass is 9.95. The lowest BCUT2D eigenvalue weighted by Crippen LogP contribution is -2.29. The number of methoxy groups -OCH3 is 1. The number of aliphatic hydroxyl groups excluding tert-OH is 1. The molecule has 3 aromatic rings. The fourth-order valence-electron chi connectivity index (χ4n) is 4.01. The average molecular weight is 479 g/mol. The molecule has 0 spiro atoms. The number of benzene rings is 2. The lowest BCUT2D eigenvalue weighted by Gasteiger charge is -2.23. The smallest absolute Gasteiger partial charge is 0.301 e. The summed E-state index contributed by atoms with van der Waals surface area (Å²) in [6, 6.07) is 12.3. The van der Waals surface area contributed by atoms with Gasteiger partial charge in [-0.3, -0.25) is 14.5 Å². The Morgan fingerprint density at radius 2 is 1.74 bits per heavy atom. The number of aliphatic hydroxyl groups is 1. The molecule has 1 N–H and O–H groups in total. The third-order valence-corrected chi connectivity index (χ3v) is 5.55. The van der Waals surface area contributed by atoms with Crippen molar-refractivity contribution in [1.82, 2.24) is 5.16 Å². The maximum absolute atomic E-state index is 13.2. The molecule has 1 atom stereocenters. The number of amides is 1. The van der Waals surface area contributed by atoms with E-state index in [2.05, 4.69) is 5.16 Å². The van der Waals surface area contributed by atoms with Crippen molar-refractivity contribution in [2.75, 3.05) is 25.2 Å². The fraction of sp³-hybridized carbons (Fsp3) is 0.269. The SMILES string of the molecule is CCOc1ccc(C(O)=C2C(=O)C(=O)N(c3cc(C)on3)C2c2ccc(OCC)c(OC)c2)cc1. The first kappa shape index (κ1) is 23.9. The molecule has 182 valence electrons. The van der Waals surface area contributed by atoms with Crippen LogP contribution in [0, 0.1) is 6.92 Å². The minimum Gasteiger partial charge on any atom is -0.507 e. The largest absolute Gasteiger partial charge is 0.507 e. The number of carbonyl (C=O) groups is 2. The molecule has 0 aliphatic carbocycles. The predicted molar refractivity (Wildman–Crippen MR) is 128 cm³/mol. The number of carbonyl (C=O) groups excluding carboxylic acids is 2. The number of hydrogen-bond donors (Lipinski definition) is 1.